The van der Waals surface area contributed by atoms with E-state index in [2.05, 4.69) is 5.32 Å². The van der Waals surface area contributed by atoms with Crippen molar-refractivity contribution < 1.29 is 76.2 Å². The second-order valence-corrected chi connectivity index (χ2v) is 12.0. The molecule has 1 fully saturated rings. The van der Waals surface area contributed by atoms with Gasteiger partial charge in [-0.2, -0.15) is 0 Å². The zero-order valence-corrected chi connectivity index (χ0v) is 28.7. The monoisotopic (exact) mass is 707 g/mol. The van der Waals surface area contributed by atoms with Gasteiger partial charge in [0.25, 0.3) is 5.91 Å². The van der Waals surface area contributed by atoms with Crippen molar-refractivity contribution in [2.45, 2.75) is 104 Å². The molecule has 1 aliphatic carbocycles. The van der Waals surface area contributed by atoms with Crippen molar-refractivity contribution in [1.29, 1.82) is 0 Å². The summed E-state index contributed by atoms with van der Waals surface area (Å²) in [6.07, 6.45) is -3.40. The molecule has 3 heterocycles. The number of esters is 6. The highest BCUT2D eigenvalue weighted by atomic mass is 16.8. The number of ether oxygens (including phenoxy) is 9. The Morgan fingerprint density at radius 1 is 0.880 bits per heavy atom. The molecular weight excluding hydrogens is 666 g/mol. The summed E-state index contributed by atoms with van der Waals surface area (Å²) in [5.74, 6) is -6.87. The van der Waals surface area contributed by atoms with E-state index in [1.54, 1.807) is 12.2 Å². The van der Waals surface area contributed by atoms with E-state index in [-0.39, 0.29) is 11.1 Å². The van der Waals surface area contributed by atoms with Crippen molar-refractivity contribution in [3.8, 4) is 0 Å². The van der Waals surface area contributed by atoms with Gasteiger partial charge in [-0.05, 0) is 25.5 Å². The van der Waals surface area contributed by atoms with E-state index in [9.17, 15) is 33.6 Å². The quantitative estimate of drug-likeness (QED) is 0.169. The maximum atomic E-state index is 13.2. The predicted octanol–water partition coefficient (Wildman–Crippen LogP) is 0.828. The van der Waals surface area contributed by atoms with E-state index >= 15 is 0 Å². The summed E-state index contributed by atoms with van der Waals surface area (Å²) in [5.41, 5.74) is -1.37. The smallest absolute Gasteiger partial charge is 0.338 e. The van der Waals surface area contributed by atoms with Gasteiger partial charge in [0.2, 0.25) is 12.6 Å². The Kier molecular flexibility index (Phi) is 12.1. The van der Waals surface area contributed by atoms with Crippen LogP contribution in [0.2, 0.25) is 0 Å². The molecule has 0 unspecified atom stereocenters. The van der Waals surface area contributed by atoms with E-state index in [1.807, 2.05) is 6.92 Å². The molecule has 0 aromatic rings. The number of nitrogens with one attached hydrogen (secondary N) is 1. The van der Waals surface area contributed by atoms with Crippen LogP contribution in [-0.4, -0.2) is 104 Å². The van der Waals surface area contributed by atoms with Crippen LogP contribution >= 0.6 is 0 Å². The van der Waals surface area contributed by atoms with Crippen LogP contribution in [0.15, 0.2) is 35.6 Å². The summed E-state index contributed by atoms with van der Waals surface area (Å²) in [6, 6.07) is 0. The van der Waals surface area contributed by atoms with Gasteiger partial charge in [0, 0.05) is 47.1 Å². The Morgan fingerprint density at radius 2 is 1.52 bits per heavy atom. The van der Waals surface area contributed by atoms with Gasteiger partial charge in [0.1, 0.15) is 18.8 Å². The minimum Gasteiger partial charge on any atom is -0.471 e. The van der Waals surface area contributed by atoms with Crippen LogP contribution in [-0.2, 0) is 76.2 Å². The highest BCUT2D eigenvalue weighted by molar-refractivity contribution is 5.96. The molecule has 10 atom stereocenters. The van der Waals surface area contributed by atoms with Gasteiger partial charge < -0.3 is 47.9 Å². The van der Waals surface area contributed by atoms with Gasteiger partial charge in [-0.25, -0.2) is 4.79 Å². The first-order chi connectivity index (χ1) is 23.6. The maximum absolute atomic E-state index is 13.2. The normalized spacial score (nSPS) is 31.5. The molecule has 17 nitrogen and oxygen atoms in total. The van der Waals surface area contributed by atoms with E-state index in [0.29, 0.717) is 13.0 Å². The van der Waals surface area contributed by atoms with Crippen LogP contribution < -0.4 is 5.32 Å². The summed E-state index contributed by atoms with van der Waals surface area (Å²) in [6.45, 7) is 8.82. The molecule has 4 rings (SSSR count). The van der Waals surface area contributed by atoms with E-state index in [0.717, 1.165) is 27.7 Å². The first-order valence-corrected chi connectivity index (χ1v) is 16.0. The summed E-state index contributed by atoms with van der Waals surface area (Å²) >= 11 is 0. The molecule has 1 amide bonds. The number of rotatable bonds is 12. The molecule has 1 spiro atoms. The number of carbonyl (C=O) groups is 7. The Hall–Kier alpha value is -4.77. The van der Waals surface area contributed by atoms with Crippen molar-refractivity contribution in [2.24, 2.45) is 11.8 Å². The topological polar surface area (TPSA) is 215 Å². The molecule has 0 saturated carbocycles. The van der Waals surface area contributed by atoms with Crippen molar-refractivity contribution in [1.82, 2.24) is 5.32 Å². The number of amides is 1. The second-order valence-electron chi connectivity index (χ2n) is 12.0. The molecule has 0 aromatic heterocycles. The molecule has 0 bridgehead atoms. The van der Waals surface area contributed by atoms with E-state index in [4.69, 9.17) is 42.6 Å². The minimum absolute atomic E-state index is 0.0306. The van der Waals surface area contributed by atoms with Gasteiger partial charge in [-0.15, -0.1) is 0 Å². The third kappa shape index (κ3) is 8.50. The van der Waals surface area contributed by atoms with Crippen LogP contribution in [0.5, 0.6) is 0 Å². The van der Waals surface area contributed by atoms with Crippen LogP contribution in [0.25, 0.3) is 0 Å². The fourth-order valence-electron chi connectivity index (χ4n) is 6.23. The average Bonchev–Trinajstić information content (AvgIpc) is 3.56. The molecular formula is C33H41NO16. The first-order valence-electron chi connectivity index (χ1n) is 16.0. The molecule has 3 aliphatic heterocycles. The van der Waals surface area contributed by atoms with Crippen LogP contribution in [0, 0.1) is 11.8 Å². The van der Waals surface area contributed by atoms with Crippen LogP contribution in [0.4, 0.5) is 0 Å². The molecule has 1 N–H and O–H groups in total. The summed E-state index contributed by atoms with van der Waals surface area (Å²) in [7, 11) is 0. The highest BCUT2D eigenvalue weighted by Crippen LogP contribution is 2.51. The minimum atomic E-state index is -1.65. The molecule has 0 aromatic carbocycles. The first kappa shape index (κ1) is 38.0. The van der Waals surface area contributed by atoms with E-state index in [1.165, 1.54) is 26.2 Å². The van der Waals surface area contributed by atoms with Gasteiger partial charge in [0.15, 0.2) is 23.9 Å². The van der Waals surface area contributed by atoms with Crippen molar-refractivity contribution in [3.63, 3.8) is 0 Å². The molecule has 4 aliphatic rings. The Bertz CT molecular complexity index is 1480. The summed E-state index contributed by atoms with van der Waals surface area (Å²) in [4.78, 5) is 86.7. The number of allylic oxidation sites excluding steroid dienone is 1. The van der Waals surface area contributed by atoms with Gasteiger partial charge in [0.05, 0.1) is 23.3 Å². The maximum Gasteiger partial charge on any atom is 0.338 e. The second kappa shape index (κ2) is 15.8. The highest BCUT2D eigenvalue weighted by Gasteiger charge is 2.61. The average molecular weight is 708 g/mol. The molecule has 0 radical (unpaired) electrons. The van der Waals surface area contributed by atoms with Crippen molar-refractivity contribution in [2.75, 3.05) is 13.2 Å². The Labute approximate surface area is 287 Å². The van der Waals surface area contributed by atoms with Crippen molar-refractivity contribution in [3.05, 3.63) is 35.6 Å². The van der Waals surface area contributed by atoms with Gasteiger partial charge in [-0.3, -0.25) is 28.8 Å². The van der Waals surface area contributed by atoms with Gasteiger partial charge >= 0.3 is 35.8 Å². The lowest BCUT2D eigenvalue weighted by atomic mass is 9.78. The number of hydrogen-bond acceptors (Lipinski definition) is 16. The fourth-order valence-corrected chi connectivity index (χ4v) is 6.23. The van der Waals surface area contributed by atoms with E-state index < -0.39 is 109 Å². The SMILES string of the molecule is CCCNC(=O)C1=CO[C@@H](O[C@@H]2O[C@H](COC(C)=O)[C@@H](OC(C)=O)[C@H](OC(C)=O)[C@H]2OC(C)=O)[C@H]2[C@@H]1C=C[C@@]21C=C([C@H](C)OC(C)=O)C(=O)O1. The third-order valence-electron chi connectivity index (χ3n) is 8.13. The lowest BCUT2D eigenvalue weighted by Crippen LogP contribution is -2.64. The standard InChI is InChI=1S/C33H41NO16/c1-8-11-34-29(40)23-13-43-31(25-21(23)9-10-33(25)12-22(30(41)50-33)15(2)44-17(4)36)49-32-28(47-20(7)39)27(46-19(6)38)26(45-18(5)37)24(48-32)14-42-16(3)35/h9-10,12-13,15,21,24-28,31-32H,8,11,14H2,1-7H3,(H,34,40)/t15-,21+,24+,25+,26+,27-,28+,31-,32-,33+/m0/s1. The fraction of sp³-hybridized carbons (Fsp3) is 0.606. The van der Waals surface area contributed by atoms with Crippen LogP contribution in [0.3, 0.4) is 0 Å². The molecule has 50 heavy (non-hydrogen) atoms. The number of hydrogen-bond donors (Lipinski definition) is 1. The largest absolute Gasteiger partial charge is 0.471 e. The van der Waals surface area contributed by atoms with Crippen LogP contribution in [0.1, 0.15) is 54.9 Å². The lowest BCUT2D eigenvalue weighted by Gasteiger charge is -2.46. The summed E-state index contributed by atoms with van der Waals surface area (Å²) < 4.78 is 51.1. The molecule has 274 valence electrons. The zero-order chi connectivity index (χ0) is 36.9. The van der Waals surface area contributed by atoms with Gasteiger partial charge in [-0.1, -0.05) is 13.0 Å². The molecule has 17 heteroatoms. The number of fused-ring (bicyclic) bond motifs is 2. The predicted molar refractivity (Wildman–Crippen MR) is 164 cm³/mol. The Morgan fingerprint density at radius 3 is 2.12 bits per heavy atom. The summed E-state index contributed by atoms with van der Waals surface area (Å²) in [5, 5.41) is 2.79. The number of carbonyl (C=O) groups excluding carboxylic acids is 7. The molecule has 1 saturated heterocycles. The lowest BCUT2D eigenvalue weighted by molar-refractivity contribution is -0.347. The van der Waals surface area contributed by atoms with Crippen molar-refractivity contribution >= 4 is 41.7 Å². The Balaban J connectivity index is 1.78. The third-order valence-corrected chi connectivity index (χ3v) is 8.13. The zero-order valence-electron chi connectivity index (χ0n) is 28.7.